The molecule has 52 heavy (non-hydrogen) atoms. The number of carboxylic acid groups (broad SMARTS) is 1. The second kappa shape index (κ2) is 14.6. The lowest BCUT2D eigenvalue weighted by Crippen LogP contribution is -2.49. The van der Waals surface area contributed by atoms with Crippen LogP contribution in [0.1, 0.15) is 62.9 Å². The number of amides is 1. The number of carboxylic acids is 1. The topological polar surface area (TPSA) is 189 Å². The number of ether oxygens (including phenoxy) is 6. The number of aromatic carboxylic acids is 1. The summed E-state index contributed by atoms with van der Waals surface area (Å²) >= 11 is 0. The standard InChI is InChI=1S/C35H40FN3O13/c1-5-27(42)49-31-30(50-34-32(31)51-35(3,4)52-34)25(17-47-18(2)40)48-28(43)9-8-26(41)38-12-10-37(11-13-38)24-15-23-20(14-22(24)36)29(44)21(33(45)46)16-39(23)19-6-7-19/h5,14-16,19,25,30-32,34H,1,6-13,17H2,2-4H3,(H,45,46)/t25?,30-,31+,32+,34+/m1/s1. The molecule has 0 spiro atoms. The summed E-state index contributed by atoms with van der Waals surface area (Å²) < 4.78 is 50.9. The predicted octanol–water partition coefficient (Wildman–Crippen LogP) is 2.05. The van der Waals surface area contributed by atoms with Crippen LogP contribution in [-0.4, -0.2) is 114 Å². The first-order valence-corrected chi connectivity index (χ1v) is 17.0. The van der Waals surface area contributed by atoms with Crippen LogP contribution in [0.3, 0.4) is 0 Å². The van der Waals surface area contributed by atoms with E-state index in [4.69, 9.17) is 28.4 Å². The molecular formula is C35H40FN3O13. The van der Waals surface area contributed by atoms with E-state index >= 15 is 4.39 Å². The zero-order chi connectivity index (χ0) is 37.5. The number of rotatable bonds is 12. The van der Waals surface area contributed by atoms with E-state index in [-0.39, 0.29) is 62.0 Å². The molecule has 1 saturated carbocycles. The summed E-state index contributed by atoms with van der Waals surface area (Å²) in [6.45, 7) is 8.41. The normalized spacial score (nSPS) is 24.2. The smallest absolute Gasteiger partial charge is 0.341 e. The molecule has 1 aliphatic carbocycles. The number of hydrogen-bond donors (Lipinski definition) is 1. The van der Waals surface area contributed by atoms with Gasteiger partial charge in [0.05, 0.1) is 17.6 Å². The van der Waals surface area contributed by atoms with Crippen LogP contribution in [0.15, 0.2) is 35.8 Å². The molecule has 3 saturated heterocycles. The molecule has 1 aromatic carbocycles. The number of anilines is 1. The summed E-state index contributed by atoms with van der Waals surface area (Å²) in [5.74, 6) is -5.69. The van der Waals surface area contributed by atoms with Gasteiger partial charge in [-0.15, -0.1) is 0 Å². The average Bonchev–Trinajstić information content (AvgIpc) is 3.83. The van der Waals surface area contributed by atoms with Crippen molar-refractivity contribution < 1.29 is 61.9 Å². The lowest BCUT2D eigenvalue weighted by Gasteiger charge is -2.36. The Morgan fingerprint density at radius 2 is 1.81 bits per heavy atom. The van der Waals surface area contributed by atoms with Gasteiger partial charge < -0.3 is 47.9 Å². The Balaban J connectivity index is 1.07. The number of halogens is 1. The third-order valence-electron chi connectivity index (χ3n) is 9.33. The SMILES string of the molecule is C=CC(=O)O[C@@H]1[C@@H]2OC(C)(C)O[C@@H]2O[C@@H]1C(COC(C)=O)OC(=O)CCC(=O)N1CCN(c2cc3c(cc2F)c(=O)c(C(=O)O)cn3C2CC2)CC1. The van der Waals surface area contributed by atoms with Gasteiger partial charge in [0.25, 0.3) is 0 Å². The molecule has 17 heteroatoms. The van der Waals surface area contributed by atoms with E-state index in [1.54, 1.807) is 34.3 Å². The van der Waals surface area contributed by atoms with Crippen molar-refractivity contribution in [3.8, 4) is 0 Å². The molecule has 4 fully saturated rings. The Bertz CT molecular complexity index is 1850. The van der Waals surface area contributed by atoms with Crippen molar-refractivity contribution in [1.82, 2.24) is 9.47 Å². The summed E-state index contributed by atoms with van der Waals surface area (Å²) in [4.78, 5) is 77.8. The molecule has 2 aromatic rings. The largest absolute Gasteiger partial charge is 0.477 e. The summed E-state index contributed by atoms with van der Waals surface area (Å²) in [6.07, 6.45) is -2.00. The molecule has 4 aliphatic rings. The Kier molecular flexibility index (Phi) is 10.4. The zero-order valence-electron chi connectivity index (χ0n) is 28.9. The summed E-state index contributed by atoms with van der Waals surface area (Å²) in [6, 6.07) is 2.65. The monoisotopic (exact) mass is 729 g/mol. The highest BCUT2D eigenvalue weighted by atomic mass is 19.1. The van der Waals surface area contributed by atoms with E-state index < -0.39 is 83.8 Å². The first-order valence-electron chi connectivity index (χ1n) is 17.0. The Morgan fingerprint density at radius 3 is 2.44 bits per heavy atom. The highest BCUT2D eigenvalue weighted by molar-refractivity contribution is 5.93. The number of carbonyl (C=O) groups excluding carboxylic acids is 4. The van der Waals surface area contributed by atoms with Crippen molar-refractivity contribution in [3.63, 3.8) is 0 Å². The molecule has 1 aromatic heterocycles. The van der Waals surface area contributed by atoms with Gasteiger partial charge in [-0.3, -0.25) is 19.2 Å². The number of carbonyl (C=O) groups is 5. The van der Waals surface area contributed by atoms with Crippen LogP contribution in [0.25, 0.3) is 10.9 Å². The molecule has 16 nitrogen and oxygen atoms in total. The summed E-state index contributed by atoms with van der Waals surface area (Å²) in [7, 11) is 0. The number of benzene rings is 1. The van der Waals surface area contributed by atoms with Gasteiger partial charge in [-0.1, -0.05) is 6.58 Å². The minimum Gasteiger partial charge on any atom is -0.477 e. The maximum Gasteiger partial charge on any atom is 0.341 e. The van der Waals surface area contributed by atoms with Gasteiger partial charge in [0.15, 0.2) is 30.4 Å². The quantitative estimate of drug-likeness (QED) is 0.190. The van der Waals surface area contributed by atoms with Gasteiger partial charge in [-0.05, 0) is 38.8 Å². The highest BCUT2D eigenvalue weighted by Gasteiger charge is 2.59. The highest BCUT2D eigenvalue weighted by Crippen LogP contribution is 2.41. The van der Waals surface area contributed by atoms with E-state index in [2.05, 4.69) is 6.58 Å². The van der Waals surface area contributed by atoms with Crippen LogP contribution in [0.4, 0.5) is 10.1 Å². The molecule has 1 amide bonds. The Labute approximate surface area is 296 Å². The molecule has 1 N–H and O–H groups in total. The number of piperazine rings is 1. The van der Waals surface area contributed by atoms with Crippen LogP contribution in [-0.2, 0) is 47.6 Å². The van der Waals surface area contributed by atoms with Crippen molar-refractivity contribution in [3.05, 3.63) is 52.6 Å². The number of esters is 3. The van der Waals surface area contributed by atoms with Crippen molar-refractivity contribution in [2.75, 3.05) is 37.7 Å². The number of nitrogens with zero attached hydrogens (tertiary/aromatic N) is 3. The maximum absolute atomic E-state index is 15.4. The van der Waals surface area contributed by atoms with Gasteiger partial charge in [-0.2, -0.15) is 0 Å². The van der Waals surface area contributed by atoms with E-state index in [9.17, 15) is 33.9 Å². The van der Waals surface area contributed by atoms with Gasteiger partial charge >= 0.3 is 23.9 Å². The minimum absolute atomic E-state index is 0.00916. The lowest BCUT2D eigenvalue weighted by atomic mass is 10.1. The third kappa shape index (κ3) is 7.80. The van der Waals surface area contributed by atoms with Crippen molar-refractivity contribution in [2.45, 2.75) is 89.0 Å². The molecular weight excluding hydrogens is 689 g/mol. The van der Waals surface area contributed by atoms with Gasteiger partial charge in [-0.25, -0.2) is 14.0 Å². The fourth-order valence-electron chi connectivity index (χ4n) is 6.71. The second-order valence-electron chi connectivity index (χ2n) is 13.5. The van der Waals surface area contributed by atoms with Crippen molar-refractivity contribution in [2.24, 2.45) is 0 Å². The number of pyridine rings is 1. The average molecular weight is 730 g/mol. The molecule has 6 rings (SSSR count). The van der Waals surface area contributed by atoms with Gasteiger partial charge in [0.1, 0.15) is 24.1 Å². The van der Waals surface area contributed by atoms with Crippen LogP contribution >= 0.6 is 0 Å². The predicted molar refractivity (Wildman–Crippen MR) is 177 cm³/mol. The van der Waals surface area contributed by atoms with E-state index in [0.717, 1.165) is 25.0 Å². The maximum atomic E-state index is 15.4. The van der Waals surface area contributed by atoms with Crippen LogP contribution in [0.2, 0.25) is 0 Å². The molecule has 0 bridgehead atoms. The van der Waals surface area contributed by atoms with Crippen molar-refractivity contribution in [1.29, 1.82) is 0 Å². The molecule has 4 heterocycles. The Hall–Kier alpha value is -4.87. The van der Waals surface area contributed by atoms with Crippen molar-refractivity contribution >= 4 is 46.4 Å². The summed E-state index contributed by atoms with van der Waals surface area (Å²) in [5, 5.41) is 9.50. The zero-order valence-corrected chi connectivity index (χ0v) is 28.9. The Morgan fingerprint density at radius 1 is 1.10 bits per heavy atom. The second-order valence-corrected chi connectivity index (χ2v) is 13.5. The number of hydrogen-bond acceptors (Lipinski definition) is 13. The molecule has 0 radical (unpaired) electrons. The van der Waals surface area contributed by atoms with Crippen LogP contribution in [0, 0.1) is 5.82 Å². The van der Waals surface area contributed by atoms with Gasteiger partial charge in [0, 0.05) is 63.2 Å². The van der Waals surface area contributed by atoms with E-state index in [1.165, 1.54) is 13.1 Å². The van der Waals surface area contributed by atoms with Crippen LogP contribution < -0.4 is 10.3 Å². The molecule has 280 valence electrons. The fourth-order valence-corrected chi connectivity index (χ4v) is 6.71. The third-order valence-corrected chi connectivity index (χ3v) is 9.33. The minimum atomic E-state index is -1.37. The van der Waals surface area contributed by atoms with Crippen LogP contribution in [0.5, 0.6) is 0 Å². The van der Waals surface area contributed by atoms with Gasteiger partial charge in [0.2, 0.25) is 11.3 Å². The number of fused-ring (bicyclic) bond motifs is 2. The summed E-state index contributed by atoms with van der Waals surface area (Å²) in [5.41, 5.74) is -0.493. The lowest BCUT2D eigenvalue weighted by molar-refractivity contribution is -0.234. The van der Waals surface area contributed by atoms with E-state index in [1.807, 2.05) is 0 Å². The first kappa shape index (κ1) is 36.9. The molecule has 5 atom stereocenters. The molecule has 3 aliphatic heterocycles. The number of aromatic nitrogens is 1. The first-order chi connectivity index (χ1) is 24.6. The molecule has 1 unspecified atom stereocenters. The fraction of sp³-hybridized carbons (Fsp3) is 0.543. The van der Waals surface area contributed by atoms with E-state index in [0.29, 0.717) is 5.52 Å².